The predicted octanol–water partition coefficient (Wildman–Crippen LogP) is 2.36. The smallest absolute Gasteiger partial charge is 0.308 e. The van der Waals surface area contributed by atoms with Crippen molar-refractivity contribution in [2.45, 2.75) is 26.7 Å². The summed E-state index contributed by atoms with van der Waals surface area (Å²) in [7, 11) is 0. The third-order valence-corrected chi connectivity index (χ3v) is 2.66. The van der Waals surface area contributed by atoms with Gasteiger partial charge in [0.1, 0.15) is 0 Å². The Morgan fingerprint density at radius 1 is 1.12 bits per heavy atom. The predicted molar refractivity (Wildman–Crippen MR) is 65.8 cm³/mol. The van der Waals surface area contributed by atoms with Crippen LogP contribution in [0.4, 0.5) is 10.5 Å². The molecular formula is C13H16N2O2. The van der Waals surface area contributed by atoms with Crippen LogP contribution >= 0.6 is 0 Å². The van der Waals surface area contributed by atoms with E-state index in [0.717, 1.165) is 24.0 Å². The molecule has 0 radical (unpaired) electrons. The van der Waals surface area contributed by atoms with Gasteiger partial charge in [-0.3, -0.25) is 10.1 Å². The van der Waals surface area contributed by atoms with Crippen LogP contribution in [-0.2, 0) is 4.79 Å². The maximum absolute atomic E-state index is 11.5. The maximum Gasteiger partial charge on any atom is 0.325 e. The van der Waals surface area contributed by atoms with Gasteiger partial charge in [-0.25, -0.2) is 4.79 Å². The third-order valence-electron chi connectivity index (χ3n) is 2.66. The molecule has 90 valence electrons. The molecule has 0 atom stereocenters. The van der Waals surface area contributed by atoms with Crippen LogP contribution in [0.1, 0.15) is 24.0 Å². The molecule has 4 nitrogen and oxygen atoms in total. The Labute approximate surface area is 100 Å². The summed E-state index contributed by atoms with van der Waals surface area (Å²) in [5, 5.41) is 5.01. The Kier molecular flexibility index (Phi) is 3.13. The minimum Gasteiger partial charge on any atom is -0.308 e. The standard InChI is InChI=1S/C13H16N2O2/c1-8-5-9(2)7-11(6-8)14-13(17)15-12(16)10-3-4-10/h5-7,10H,3-4H2,1-2H3,(H2,14,15,16,17). The van der Waals surface area contributed by atoms with Crippen molar-refractivity contribution in [3.63, 3.8) is 0 Å². The molecule has 0 saturated heterocycles. The molecular weight excluding hydrogens is 216 g/mol. The summed E-state index contributed by atoms with van der Waals surface area (Å²) in [5.41, 5.74) is 2.87. The number of hydrogen-bond acceptors (Lipinski definition) is 2. The van der Waals surface area contributed by atoms with Crippen LogP contribution in [0.2, 0.25) is 0 Å². The Morgan fingerprint density at radius 2 is 1.71 bits per heavy atom. The molecule has 0 aromatic heterocycles. The third kappa shape index (κ3) is 3.31. The molecule has 0 unspecified atom stereocenters. The lowest BCUT2D eigenvalue weighted by Crippen LogP contribution is -2.35. The Bertz CT molecular complexity index is 444. The van der Waals surface area contributed by atoms with Crippen molar-refractivity contribution in [3.05, 3.63) is 29.3 Å². The molecule has 2 rings (SSSR count). The van der Waals surface area contributed by atoms with Crippen LogP contribution in [0.3, 0.4) is 0 Å². The number of carbonyl (C=O) groups is 2. The Balaban J connectivity index is 1.95. The molecule has 2 N–H and O–H groups in total. The fourth-order valence-corrected chi connectivity index (χ4v) is 1.77. The highest BCUT2D eigenvalue weighted by atomic mass is 16.2. The number of hydrogen-bond donors (Lipinski definition) is 2. The molecule has 1 aliphatic carbocycles. The lowest BCUT2D eigenvalue weighted by Gasteiger charge is -2.08. The van der Waals surface area contributed by atoms with Gasteiger partial charge in [0.25, 0.3) is 0 Å². The van der Waals surface area contributed by atoms with E-state index in [-0.39, 0.29) is 11.8 Å². The van der Waals surface area contributed by atoms with Crippen molar-refractivity contribution in [3.8, 4) is 0 Å². The Morgan fingerprint density at radius 3 is 2.24 bits per heavy atom. The molecule has 4 heteroatoms. The summed E-state index contributed by atoms with van der Waals surface area (Å²) >= 11 is 0. The van der Waals surface area contributed by atoms with Gasteiger partial charge in [-0.2, -0.15) is 0 Å². The van der Waals surface area contributed by atoms with Crippen molar-refractivity contribution < 1.29 is 9.59 Å². The molecule has 1 aliphatic rings. The average Bonchev–Trinajstić information content (AvgIpc) is 2.97. The van der Waals surface area contributed by atoms with Crippen molar-refractivity contribution in [2.24, 2.45) is 5.92 Å². The second-order valence-electron chi connectivity index (χ2n) is 4.59. The van der Waals surface area contributed by atoms with Crippen LogP contribution in [0.5, 0.6) is 0 Å². The van der Waals surface area contributed by atoms with Gasteiger partial charge < -0.3 is 5.32 Å². The van der Waals surface area contributed by atoms with E-state index in [1.54, 1.807) is 0 Å². The molecule has 0 bridgehead atoms. The van der Waals surface area contributed by atoms with E-state index in [4.69, 9.17) is 0 Å². The topological polar surface area (TPSA) is 58.2 Å². The lowest BCUT2D eigenvalue weighted by atomic mass is 10.1. The van der Waals surface area contributed by atoms with Gasteiger partial charge in [0.05, 0.1) is 0 Å². The second kappa shape index (κ2) is 4.57. The number of imide groups is 1. The number of aryl methyl sites for hydroxylation is 2. The van der Waals surface area contributed by atoms with Crippen LogP contribution in [0, 0.1) is 19.8 Å². The van der Waals surface area contributed by atoms with Crippen LogP contribution in [-0.4, -0.2) is 11.9 Å². The highest BCUT2D eigenvalue weighted by Gasteiger charge is 2.30. The molecule has 0 heterocycles. The van der Waals surface area contributed by atoms with Gasteiger partial charge in [0.15, 0.2) is 0 Å². The van der Waals surface area contributed by atoms with Crippen molar-refractivity contribution >= 4 is 17.6 Å². The number of urea groups is 1. The molecule has 0 spiro atoms. The summed E-state index contributed by atoms with van der Waals surface area (Å²) in [6.45, 7) is 3.93. The first-order chi connectivity index (χ1) is 8.04. The number of carbonyl (C=O) groups excluding carboxylic acids is 2. The van der Waals surface area contributed by atoms with Crippen molar-refractivity contribution in [2.75, 3.05) is 5.32 Å². The second-order valence-corrected chi connectivity index (χ2v) is 4.59. The highest BCUT2D eigenvalue weighted by Crippen LogP contribution is 2.28. The first kappa shape index (κ1) is 11.6. The van der Waals surface area contributed by atoms with Gasteiger partial charge in [-0.1, -0.05) is 6.07 Å². The van der Waals surface area contributed by atoms with Crippen molar-refractivity contribution in [1.82, 2.24) is 5.32 Å². The van der Waals surface area contributed by atoms with E-state index in [9.17, 15) is 9.59 Å². The fraction of sp³-hybridized carbons (Fsp3) is 0.385. The van der Waals surface area contributed by atoms with Gasteiger partial charge in [0, 0.05) is 11.6 Å². The number of nitrogens with one attached hydrogen (secondary N) is 2. The molecule has 0 aliphatic heterocycles. The molecule has 17 heavy (non-hydrogen) atoms. The number of anilines is 1. The lowest BCUT2D eigenvalue weighted by molar-refractivity contribution is -0.121. The zero-order valence-electron chi connectivity index (χ0n) is 10.0. The molecule has 1 aromatic carbocycles. The fourth-order valence-electron chi connectivity index (χ4n) is 1.77. The summed E-state index contributed by atoms with van der Waals surface area (Å²) in [6, 6.07) is 5.31. The SMILES string of the molecule is Cc1cc(C)cc(NC(=O)NC(=O)C2CC2)c1. The first-order valence-corrected chi connectivity index (χ1v) is 5.75. The van der Waals surface area contributed by atoms with E-state index in [1.807, 2.05) is 32.0 Å². The number of amides is 3. The molecule has 1 aromatic rings. The summed E-state index contributed by atoms with van der Waals surface area (Å²) in [4.78, 5) is 22.9. The molecule has 3 amide bonds. The Hall–Kier alpha value is -1.84. The minimum absolute atomic E-state index is 0.0417. The van der Waals surface area contributed by atoms with Gasteiger partial charge in [0.2, 0.25) is 5.91 Å². The van der Waals surface area contributed by atoms with Gasteiger partial charge in [-0.15, -0.1) is 0 Å². The summed E-state index contributed by atoms with van der Waals surface area (Å²) in [5.74, 6) is -0.133. The van der Waals surface area contributed by atoms with E-state index < -0.39 is 6.03 Å². The zero-order valence-corrected chi connectivity index (χ0v) is 10.0. The van der Waals surface area contributed by atoms with E-state index in [1.165, 1.54) is 0 Å². The van der Waals surface area contributed by atoms with Crippen LogP contribution in [0.25, 0.3) is 0 Å². The van der Waals surface area contributed by atoms with E-state index in [2.05, 4.69) is 10.6 Å². The normalized spacial score (nSPS) is 14.2. The molecule has 1 fully saturated rings. The summed E-state index contributed by atoms with van der Waals surface area (Å²) in [6.07, 6.45) is 1.78. The van der Waals surface area contributed by atoms with Crippen LogP contribution < -0.4 is 10.6 Å². The van der Waals surface area contributed by atoms with Crippen LogP contribution in [0.15, 0.2) is 18.2 Å². The van der Waals surface area contributed by atoms with Gasteiger partial charge >= 0.3 is 6.03 Å². The quantitative estimate of drug-likeness (QED) is 0.822. The highest BCUT2D eigenvalue weighted by molar-refractivity contribution is 6.02. The van der Waals surface area contributed by atoms with Crippen molar-refractivity contribution in [1.29, 1.82) is 0 Å². The largest absolute Gasteiger partial charge is 0.325 e. The van der Waals surface area contributed by atoms with Gasteiger partial charge in [-0.05, 0) is 49.9 Å². The maximum atomic E-state index is 11.5. The summed E-state index contributed by atoms with van der Waals surface area (Å²) < 4.78 is 0. The average molecular weight is 232 g/mol. The molecule has 1 saturated carbocycles. The number of rotatable bonds is 2. The zero-order chi connectivity index (χ0) is 12.4. The van der Waals surface area contributed by atoms with E-state index in [0.29, 0.717) is 5.69 Å². The van der Waals surface area contributed by atoms with E-state index >= 15 is 0 Å². The minimum atomic E-state index is -0.452. The monoisotopic (exact) mass is 232 g/mol. The first-order valence-electron chi connectivity index (χ1n) is 5.75. The number of benzene rings is 1.